The first-order valence-electron chi connectivity index (χ1n) is 7.99. The van der Waals surface area contributed by atoms with Crippen LogP contribution in [-0.4, -0.2) is 36.5 Å². The van der Waals surface area contributed by atoms with E-state index in [4.69, 9.17) is 4.74 Å². The smallest absolute Gasteiger partial charge is 0.244 e. The molecule has 4 heteroatoms. The summed E-state index contributed by atoms with van der Waals surface area (Å²) in [7, 11) is 0. The molecule has 0 radical (unpaired) electrons. The number of para-hydroxylation sites is 2. The SMILES string of the molecule is CCOc1ccccc1NC(C)C(=O)N1CCCCCC1. The third-order valence-electron chi connectivity index (χ3n) is 3.85. The summed E-state index contributed by atoms with van der Waals surface area (Å²) in [4.78, 5) is 14.5. The number of nitrogens with one attached hydrogen (secondary N) is 1. The molecule has 1 aromatic rings. The van der Waals surface area contributed by atoms with E-state index < -0.39 is 0 Å². The first kappa shape index (κ1) is 15.7. The average molecular weight is 290 g/mol. The number of carbonyl (C=O) groups is 1. The monoisotopic (exact) mass is 290 g/mol. The standard InChI is InChI=1S/C17H26N2O2/c1-3-21-16-11-7-6-10-15(16)18-14(2)17(20)19-12-8-4-5-9-13-19/h6-7,10-11,14,18H,3-5,8-9,12-13H2,1-2H3. The molecule has 1 unspecified atom stereocenters. The molecule has 2 rings (SSSR count). The Labute approximate surface area is 127 Å². The van der Waals surface area contributed by atoms with Crippen molar-refractivity contribution in [1.29, 1.82) is 0 Å². The zero-order valence-corrected chi connectivity index (χ0v) is 13.1. The maximum Gasteiger partial charge on any atom is 0.244 e. The van der Waals surface area contributed by atoms with Gasteiger partial charge in [-0.25, -0.2) is 0 Å². The van der Waals surface area contributed by atoms with Crippen LogP contribution in [0.2, 0.25) is 0 Å². The lowest BCUT2D eigenvalue weighted by atomic mass is 10.2. The molecule has 0 saturated carbocycles. The molecule has 1 N–H and O–H groups in total. The van der Waals surface area contributed by atoms with Crippen molar-refractivity contribution in [3.8, 4) is 5.75 Å². The van der Waals surface area contributed by atoms with Gasteiger partial charge in [0.1, 0.15) is 11.8 Å². The fourth-order valence-corrected chi connectivity index (χ4v) is 2.73. The molecule has 1 fully saturated rings. The molecule has 116 valence electrons. The van der Waals surface area contributed by atoms with Crippen LogP contribution in [0.1, 0.15) is 39.5 Å². The van der Waals surface area contributed by atoms with Gasteiger partial charge in [-0.1, -0.05) is 25.0 Å². The van der Waals surface area contributed by atoms with E-state index in [0.717, 1.165) is 37.4 Å². The van der Waals surface area contributed by atoms with Crippen molar-refractivity contribution in [2.24, 2.45) is 0 Å². The van der Waals surface area contributed by atoms with Gasteiger partial charge in [0, 0.05) is 13.1 Å². The highest BCUT2D eigenvalue weighted by Crippen LogP contribution is 2.24. The molecule has 21 heavy (non-hydrogen) atoms. The van der Waals surface area contributed by atoms with Crippen molar-refractivity contribution in [3.05, 3.63) is 24.3 Å². The lowest BCUT2D eigenvalue weighted by Crippen LogP contribution is -2.41. The summed E-state index contributed by atoms with van der Waals surface area (Å²) in [6.07, 6.45) is 4.71. The third-order valence-corrected chi connectivity index (χ3v) is 3.85. The van der Waals surface area contributed by atoms with Gasteiger partial charge < -0.3 is 15.0 Å². The van der Waals surface area contributed by atoms with Gasteiger partial charge in [-0.15, -0.1) is 0 Å². The van der Waals surface area contributed by atoms with Crippen molar-refractivity contribution >= 4 is 11.6 Å². The normalized spacial score (nSPS) is 17.0. The van der Waals surface area contributed by atoms with Crippen LogP contribution in [0, 0.1) is 0 Å². The largest absolute Gasteiger partial charge is 0.492 e. The number of hydrogen-bond acceptors (Lipinski definition) is 3. The molecule has 1 atom stereocenters. The highest BCUT2D eigenvalue weighted by molar-refractivity contribution is 5.84. The Bertz CT molecular complexity index is 454. The summed E-state index contributed by atoms with van der Waals surface area (Å²) in [5.41, 5.74) is 0.884. The van der Waals surface area contributed by atoms with Crippen LogP contribution in [0.4, 0.5) is 5.69 Å². The van der Waals surface area contributed by atoms with E-state index in [-0.39, 0.29) is 11.9 Å². The number of ether oxygens (including phenoxy) is 1. The molecule has 0 aromatic heterocycles. The molecule has 0 bridgehead atoms. The van der Waals surface area contributed by atoms with E-state index in [1.54, 1.807) is 0 Å². The fraction of sp³-hybridized carbons (Fsp3) is 0.588. The van der Waals surface area contributed by atoms with Crippen LogP contribution in [0.25, 0.3) is 0 Å². The Balaban J connectivity index is 1.99. The molecule has 1 aromatic carbocycles. The molecule has 1 amide bonds. The van der Waals surface area contributed by atoms with Gasteiger partial charge in [0.05, 0.1) is 12.3 Å². The fourth-order valence-electron chi connectivity index (χ4n) is 2.73. The highest BCUT2D eigenvalue weighted by Gasteiger charge is 2.21. The second kappa shape index (κ2) is 7.91. The zero-order chi connectivity index (χ0) is 15.1. The van der Waals surface area contributed by atoms with Crippen molar-refractivity contribution in [1.82, 2.24) is 4.90 Å². The Hall–Kier alpha value is -1.71. The summed E-state index contributed by atoms with van der Waals surface area (Å²) in [5.74, 6) is 0.985. The maximum absolute atomic E-state index is 12.5. The van der Waals surface area contributed by atoms with Crippen LogP contribution >= 0.6 is 0 Å². The van der Waals surface area contributed by atoms with Crippen molar-refractivity contribution < 1.29 is 9.53 Å². The van der Waals surface area contributed by atoms with Gasteiger partial charge in [0.25, 0.3) is 0 Å². The number of amides is 1. The number of benzene rings is 1. The minimum atomic E-state index is -0.232. The average Bonchev–Trinajstić information content (AvgIpc) is 2.78. The predicted molar refractivity (Wildman–Crippen MR) is 85.7 cm³/mol. The molecular formula is C17H26N2O2. The summed E-state index contributed by atoms with van der Waals surface area (Å²) in [6.45, 7) is 6.28. The van der Waals surface area contributed by atoms with Crippen molar-refractivity contribution in [2.45, 2.75) is 45.6 Å². The molecule has 1 saturated heterocycles. The van der Waals surface area contributed by atoms with E-state index in [2.05, 4.69) is 5.32 Å². The molecule has 1 aliphatic rings. The van der Waals surface area contributed by atoms with Gasteiger partial charge in [0.2, 0.25) is 5.91 Å². The van der Waals surface area contributed by atoms with E-state index in [0.29, 0.717) is 6.61 Å². The quantitative estimate of drug-likeness (QED) is 0.904. The minimum absolute atomic E-state index is 0.184. The number of nitrogens with zero attached hydrogens (tertiary/aromatic N) is 1. The van der Waals surface area contributed by atoms with E-state index in [1.165, 1.54) is 12.8 Å². The van der Waals surface area contributed by atoms with Crippen LogP contribution in [0.3, 0.4) is 0 Å². The van der Waals surface area contributed by atoms with Crippen LogP contribution in [0.15, 0.2) is 24.3 Å². The van der Waals surface area contributed by atoms with Crippen LogP contribution in [0.5, 0.6) is 5.75 Å². The molecule has 1 aliphatic heterocycles. The van der Waals surface area contributed by atoms with E-state index in [9.17, 15) is 4.79 Å². The third kappa shape index (κ3) is 4.38. The van der Waals surface area contributed by atoms with E-state index >= 15 is 0 Å². The molecule has 4 nitrogen and oxygen atoms in total. The number of anilines is 1. The maximum atomic E-state index is 12.5. The van der Waals surface area contributed by atoms with E-state index in [1.807, 2.05) is 43.0 Å². The Morgan fingerprint density at radius 1 is 1.24 bits per heavy atom. The summed E-state index contributed by atoms with van der Waals surface area (Å²) < 4.78 is 5.60. The van der Waals surface area contributed by atoms with Crippen LogP contribution in [-0.2, 0) is 4.79 Å². The van der Waals surface area contributed by atoms with Crippen molar-refractivity contribution in [3.63, 3.8) is 0 Å². The van der Waals surface area contributed by atoms with Gasteiger partial charge in [0.15, 0.2) is 0 Å². The zero-order valence-electron chi connectivity index (χ0n) is 13.1. The number of rotatable bonds is 5. The molecule has 0 aliphatic carbocycles. The summed E-state index contributed by atoms with van der Waals surface area (Å²) >= 11 is 0. The topological polar surface area (TPSA) is 41.6 Å². The summed E-state index contributed by atoms with van der Waals surface area (Å²) in [5, 5.41) is 3.30. The van der Waals surface area contributed by atoms with Gasteiger partial charge >= 0.3 is 0 Å². The second-order valence-corrected chi connectivity index (χ2v) is 5.53. The lowest BCUT2D eigenvalue weighted by Gasteiger charge is -2.25. The predicted octanol–water partition coefficient (Wildman–Crippen LogP) is 3.29. The van der Waals surface area contributed by atoms with Crippen molar-refractivity contribution in [2.75, 3.05) is 25.0 Å². The van der Waals surface area contributed by atoms with Gasteiger partial charge in [-0.05, 0) is 38.8 Å². The van der Waals surface area contributed by atoms with Gasteiger partial charge in [-0.3, -0.25) is 4.79 Å². The number of hydrogen-bond donors (Lipinski definition) is 1. The first-order valence-corrected chi connectivity index (χ1v) is 7.99. The van der Waals surface area contributed by atoms with Gasteiger partial charge in [-0.2, -0.15) is 0 Å². The number of likely N-dealkylation sites (tertiary alicyclic amines) is 1. The first-order chi connectivity index (χ1) is 10.2. The Morgan fingerprint density at radius 3 is 2.57 bits per heavy atom. The highest BCUT2D eigenvalue weighted by atomic mass is 16.5. The summed E-state index contributed by atoms with van der Waals surface area (Å²) in [6, 6.07) is 7.54. The second-order valence-electron chi connectivity index (χ2n) is 5.53. The minimum Gasteiger partial charge on any atom is -0.492 e. The molecular weight excluding hydrogens is 264 g/mol. The number of carbonyl (C=O) groups excluding carboxylic acids is 1. The lowest BCUT2D eigenvalue weighted by molar-refractivity contribution is -0.131. The van der Waals surface area contributed by atoms with Crippen LogP contribution < -0.4 is 10.1 Å². The molecule has 0 spiro atoms. The molecule has 1 heterocycles. The Kier molecular flexibility index (Phi) is 5.90. The Morgan fingerprint density at radius 2 is 1.90 bits per heavy atom.